The third-order valence-corrected chi connectivity index (χ3v) is 5.55. The van der Waals surface area contributed by atoms with Crippen molar-refractivity contribution in [2.45, 2.75) is 26.1 Å². The van der Waals surface area contributed by atoms with Gasteiger partial charge < -0.3 is 4.90 Å². The molecule has 0 unspecified atom stereocenters. The molecule has 5 rings (SSSR count). The number of carbonyl (C=O) groups excluding carboxylic acids is 1. The minimum atomic E-state index is 0.149. The number of aliphatic imine (C=N–C) groups is 1. The van der Waals surface area contributed by atoms with Crippen molar-refractivity contribution in [2.75, 3.05) is 0 Å². The number of halogens is 1. The molecular formula is C23H18ClN3O. The Kier molecular flexibility index (Phi) is 4.21. The van der Waals surface area contributed by atoms with E-state index in [9.17, 15) is 4.79 Å². The van der Waals surface area contributed by atoms with Gasteiger partial charge in [0.1, 0.15) is 0 Å². The number of hydrogen-bond donors (Lipinski definition) is 0. The fourth-order valence-electron chi connectivity index (χ4n) is 3.94. The van der Waals surface area contributed by atoms with Gasteiger partial charge in [-0.25, -0.2) is 0 Å². The van der Waals surface area contributed by atoms with Crippen LogP contribution in [0.1, 0.15) is 33.5 Å². The van der Waals surface area contributed by atoms with Crippen molar-refractivity contribution in [1.82, 2.24) is 9.88 Å². The molecule has 0 saturated heterocycles. The van der Waals surface area contributed by atoms with Crippen LogP contribution in [0.25, 0.3) is 0 Å². The first-order valence-corrected chi connectivity index (χ1v) is 9.68. The summed E-state index contributed by atoms with van der Waals surface area (Å²) >= 11 is 6.10. The minimum Gasteiger partial charge on any atom is -0.334 e. The maximum absolute atomic E-state index is 12.7. The molecule has 0 spiro atoms. The highest BCUT2D eigenvalue weighted by Crippen LogP contribution is 2.30. The molecule has 28 heavy (non-hydrogen) atoms. The molecule has 4 nitrogen and oxygen atoms in total. The van der Waals surface area contributed by atoms with E-state index in [1.165, 1.54) is 11.1 Å². The van der Waals surface area contributed by atoms with Crippen LogP contribution in [0.2, 0.25) is 5.02 Å². The molecule has 0 atom stereocenters. The number of carbonyl (C=O) groups is 1. The van der Waals surface area contributed by atoms with Crippen LogP contribution >= 0.6 is 11.6 Å². The Bertz CT molecular complexity index is 1110. The van der Waals surface area contributed by atoms with Gasteiger partial charge in [-0.1, -0.05) is 35.9 Å². The zero-order valence-electron chi connectivity index (χ0n) is 15.2. The average molecular weight is 388 g/mol. The van der Waals surface area contributed by atoms with Crippen LogP contribution in [0, 0.1) is 0 Å². The van der Waals surface area contributed by atoms with E-state index in [0.29, 0.717) is 31.1 Å². The molecule has 0 fully saturated rings. The smallest absolute Gasteiger partial charge is 0.227 e. The monoisotopic (exact) mass is 387 g/mol. The number of aromatic nitrogens is 1. The van der Waals surface area contributed by atoms with Crippen molar-refractivity contribution in [3.8, 4) is 0 Å². The Morgan fingerprint density at radius 1 is 1.00 bits per heavy atom. The summed E-state index contributed by atoms with van der Waals surface area (Å²) in [6.07, 6.45) is 2.22. The summed E-state index contributed by atoms with van der Waals surface area (Å²) in [5.74, 6) is 0.149. The van der Waals surface area contributed by atoms with E-state index in [2.05, 4.69) is 17.1 Å². The van der Waals surface area contributed by atoms with Crippen LogP contribution in [0.5, 0.6) is 0 Å². The first kappa shape index (κ1) is 17.1. The van der Waals surface area contributed by atoms with Crippen molar-refractivity contribution in [2.24, 2.45) is 4.99 Å². The summed E-state index contributed by atoms with van der Waals surface area (Å²) in [4.78, 5) is 23.7. The number of pyridine rings is 1. The van der Waals surface area contributed by atoms with Crippen LogP contribution in [0.15, 0.2) is 65.8 Å². The van der Waals surface area contributed by atoms with Gasteiger partial charge in [0, 0.05) is 29.9 Å². The lowest BCUT2D eigenvalue weighted by molar-refractivity contribution is -0.132. The predicted molar refractivity (Wildman–Crippen MR) is 109 cm³/mol. The van der Waals surface area contributed by atoms with E-state index in [-0.39, 0.29) is 5.91 Å². The fraction of sp³-hybridized carbons (Fsp3) is 0.174. The van der Waals surface area contributed by atoms with E-state index < -0.39 is 0 Å². The third-order valence-electron chi connectivity index (χ3n) is 5.31. The summed E-state index contributed by atoms with van der Waals surface area (Å²) in [5.41, 5.74) is 7.49. The largest absolute Gasteiger partial charge is 0.334 e. The second-order valence-corrected chi connectivity index (χ2v) is 7.65. The summed E-state index contributed by atoms with van der Waals surface area (Å²) in [5, 5.41) is 0.691. The molecule has 1 aromatic heterocycles. The molecule has 0 saturated carbocycles. The lowest BCUT2D eigenvalue weighted by Crippen LogP contribution is -2.35. The van der Waals surface area contributed by atoms with Gasteiger partial charge in [-0.05, 0) is 52.6 Å². The highest BCUT2D eigenvalue weighted by Gasteiger charge is 2.27. The Balaban J connectivity index is 1.45. The SMILES string of the molecule is O=C1Cc2cc3c(cc2CN1Cc1cccc(Cl)c1)C(c1ccccn1)=NC3. The molecule has 2 aromatic carbocycles. The van der Waals surface area contributed by atoms with Gasteiger partial charge >= 0.3 is 0 Å². The first-order valence-electron chi connectivity index (χ1n) is 9.30. The van der Waals surface area contributed by atoms with Crippen LogP contribution in [0.3, 0.4) is 0 Å². The predicted octanol–water partition coefficient (Wildman–Crippen LogP) is 4.17. The lowest BCUT2D eigenvalue weighted by Gasteiger charge is -2.29. The molecule has 0 radical (unpaired) electrons. The summed E-state index contributed by atoms with van der Waals surface area (Å²) < 4.78 is 0. The Morgan fingerprint density at radius 2 is 1.93 bits per heavy atom. The van der Waals surface area contributed by atoms with Crippen molar-refractivity contribution in [3.63, 3.8) is 0 Å². The van der Waals surface area contributed by atoms with Gasteiger partial charge in [0.25, 0.3) is 0 Å². The first-order chi connectivity index (χ1) is 13.7. The second kappa shape index (κ2) is 6.88. The molecule has 2 aliphatic rings. The molecule has 138 valence electrons. The molecular weight excluding hydrogens is 370 g/mol. The normalized spacial score (nSPS) is 15.2. The summed E-state index contributed by atoms with van der Waals surface area (Å²) in [6.45, 7) is 1.81. The van der Waals surface area contributed by atoms with Crippen molar-refractivity contribution < 1.29 is 4.79 Å². The molecule has 0 aliphatic carbocycles. The number of amides is 1. The Morgan fingerprint density at radius 3 is 2.75 bits per heavy atom. The molecule has 0 bridgehead atoms. The van der Waals surface area contributed by atoms with Gasteiger partial charge in [-0.15, -0.1) is 0 Å². The van der Waals surface area contributed by atoms with Crippen molar-refractivity contribution >= 4 is 23.2 Å². The number of rotatable bonds is 3. The third kappa shape index (κ3) is 3.10. The standard InChI is InChI=1S/C23H18ClN3O/c24-19-5-3-4-15(8-19)13-27-14-18-10-20-17(9-16(18)11-22(27)28)12-26-23(20)21-6-1-2-7-25-21/h1-10H,11-14H2. The zero-order valence-corrected chi connectivity index (χ0v) is 16.0. The number of nitrogens with zero attached hydrogens (tertiary/aromatic N) is 3. The number of hydrogen-bond acceptors (Lipinski definition) is 3. The van der Waals surface area contributed by atoms with E-state index in [1.807, 2.05) is 47.4 Å². The Hall–Kier alpha value is -2.98. The molecule has 3 aromatic rings. The van der Waals surface area contributed by atoms with Crippen LogP contribution in [-0.4, -0.2) is 21.5 Å². The van der Waals surface area contributed by atoms with E-state index in [1.54, 1.807) is 6.20 Å². The van der Waals surface area contributed by atoms with Gasteiger partial charge in [-0.3, -0.25) is 14.8 Å². The van der Waals surface area contributed by atoms with Gasteiger partial charge in [0.05, 0.1) is 24.4 Å². The van der Waals surface area contributed by atoms with Crippen molar-refractivity contribution in [1.29, 1.82) is 0 Å². The lowest BCUT2D eigenvalue weighted by atomic mass is 9.91. The average Bonchev–Trinajstić information content (AvgIpc) is 3.10. The maximum Gasteiger partial charge on any atom is 0.227 e. The van der Waals surface area contributed by atoms with Gasteiger partial charge in [0.2, 0.25) is 5.91 Å². The van der Waals surface area contributed by atoms with Gasteiger partial charge in [0.15, 0.2) is 0 Å². The van der Waals surface area contributed by atoms with Crippen LogP contribution in [-0.2, 0) is 30.8 Å². The summed E-state index contributed by atoms with van der Waals surface area (Å²) in [7, 11) is 0. The van der Waals surface area contributed by atoms with Gasteiger partial charge in [-0.2, -0.15) is 0 Å². The van der Waals surface area contributed by atoms with E-state index in [0.717, 1.165) is 28.1 Å². The minimum absolute atomic E-state index is 0.149. The number of fused-ring (bicyclic) bond motifs is 2. The molecule has 1 amide bonds. The highest BCUT2D eigenvalue weighted by atomic mass is 35.5. The van der Waals surface area contributed by atoms with Crippen molar-refractivity contribution in [3.05, 3.63) is 99.3 Å². The number of benzene rings is 2. The molecule has 0 N–H and O–H groups in total. The van der Waals surface area contributed by atoms with Crippen LogP contribution in [0.4, 0.5) is 0 Å². The quantitative estimate of drug-likeness (QED) is 0.677. The van der Waals surface area contributed by atoms with E-state index in [4.69, 9.17) is 16.6 Å². The topological polar surface area (TPSA) is 45.6 Å². The highest BCUT2D eigenvalue weighted by molar-refractivity contribution is 6.30. The molecule has 2 aliphatic heterocycles. The van der Waals surface area contributed by atoms with Crippen LogP contribution < -0.4 is 0 Å². The fourth-order valence-corrected chi connectivity index (χ4v) is 4.16. The zero-order chi connectivity index (χ0) is 19.1. The molecule has 5 heteroatoms. The maximum atomic E-state index is 12.7. The summed E-state index contributed by atoms with van der Waals surface area (Å²) in [6, 6.07) is 17.9. The Labute approximate surface area is 168 Å². The second-order valence-electron chi connectivity index (χ2n) is 7.21. The molecule has 3 heterocycles. The van der Waals surface area contributed by atoms with E-state index >= 15 is 0 Å².